The highest BCUT2D eigenvalue weighted by molar-refractivity contribution is 6.31. The first-order valence-electron chi connectivity index (χ1n) is 13.2. The highest BCUT2D eigenvalue weighted by Crippen LogP contribution is 2.39. The van der Waals surface area contributed by atoms with Crippen LogP contribution in [0.15, 0.2) is 102 Å². The van der Waals surface area contributed by atoms with Crippen LogP contribution >= 0.6 is 0 Å². The van der Waals surface area contributed by atoms with Gasteiger partial charge in [-0.2, -0.15) is 0 Å². The SMILES string of the molecule is COc1cc2c(c3ccccc13)CC(=O)C(=CC=CC=CC1=C(O)c3cc(OC)c4ccccc4c3CC1=O)C2=O. The molecule has 0 bridgehead atoms. The fourth-order valence-corrected chi connectivity index (χ4v) is 5.71. The topological polar surface area (TPSA) is 89.9 Å². The molecule has 2 aliphatic rings. The van der Waals surface area contributed by atoms with Gasteiger partial charge in [-0.25, -0.2) is 0 Å². The van der Waals surface area contributed by atoms with E-state index < -0.39 is 0 Å². The highest BCUT2D eigenvalue weighted by atomic mass is 16.5. The van der Waals surface area contributed by atoms with E-state index in [9.17, 15) is 19.5 Å². The number of hydrogen-bond acceptors (Lipinski definition) is 6. The van der Waals surface area contributed by atoms with Crippen LogP contribution in [-0.4, -0.2) is 36.7 Å². The highest BCUT2D eigenvalue weighted by Gasteiger charge is 2.31. The molecule has 0 fully saturated rings. The normalized spacial score (nSPS) is 16.3. The van der Waals surface area contributed by atoms with Crippen molar-refractivity contribution >= 4 is 44.7 Å². The van der Waals surface area contributed by atoms with Crippen LogP contribution in [-0.2, 0) is 22.4 Å². The lowest BCUT2D eigenvalue weighted by atomic mass is 9.82. The summed E-state index contributed by atoms with van der Waals surface area (Å²) in [7, 11) is 3.13. The van der Waals surface area contributed by atoms with Crippen LogP contribution in [0.3, 0.4) is 0 Å². The molecule has 202 valence electrons. The van der Waals surface area contributed by atoms with Crippen molar-refractivity contribution < 1.29 is 29.0 Å². The molecule has 6 nitrogen and oxygen atoms in total. The first-order valence-corrected chi connectivity index (χ1v) is 13.2. The fourth-order valence-electron chi connectivity index (χ4n) is 5.71. The summed E-state index contributed by atoms with van der Waals surface area (Å²) in [5.74, 6) is 0.269. The van der Waals surface area contributed by atoms with Gasteiger partial charge >= 0.3 is 0 Å². The molecule has 0 aromatic heterocycles. The van der Waals surface area contributed by atoms with Crippen LogP contribution in [0.1, 0.15) is 27.0 Å². The van der Waals surface area contributed by atoms with Crippen molar-refractivity contribution in [2.45, 2.75) is 12.8 Å². The van der Waals surface area contributed by atoms with Crippen molar-refractivity contribution in [1.82, 2.24) is 0 Å². The Labute approximate surface area is 236 Å². The summed E-state index contributed by atoms with van der Waals surface area (Å²) in [5, 5.41) is 14.5. The Balaban J connectivity index is 1.29. The van der Waals surface area contributed by atoms with Crippen molar-refractivity contribution in [3.05, 3.63) is 124 Å². The number of ketones is 3. The van der Waals surface area contributed by atoms with Crippen molar-refractivity contribution in [3.63, 3.8) is 0 Å². The first-order chi connectivity index (χ1) is 19.9. The first kappa shape index (κ1) is 26.0. The number of hydrogen-bond donors (Lipinski definition) is 1. The number of carbonyl (C=O) groups is 3. The summed E-state index contributed by atoms with van der Waals surface area (Å²) in [4.78, 5) is 39.3. The average molecular weight is 543 g/mol. The monoisotopic (exact) mass is 542 g/mol. The summed E-state index contributed by atoms with van der Waals surface area (Å²) in [5.41, 5.74) is 2.76. The maximum Gasteiger partial charge on any atom is 0.197 e. The second-order valence-electron chi connectivity index (χ2n) is 9.92. The zero-order valence-electron chi connectivity index (χ0n) is 22.6. The minimum absolute atomic E-state index is 0.0863. The Morgan fingerprint density at radius 1 is 0.683 bits per heavy atom. The van der Waals surface area contributed by atoms with Gasteiger partial charge in [0.05, 0.1) is 25.4 Å². The number of aliphatic hydroxyl groups is 1. The molecule has 0 aliphatic heterocycles. The van der Waals surface area contributed by atoms with Gasteiger partial charge in [-0.1, -0.05) is 66.8 Å². The Morgan fingerprint density at radius 2 is 1.22 bits per heavy atom. The number of aliphatic hydroxyl groups excluding tert-OH is 1. The zero-order valence-corrected chi connectivity index (χ0v) is 22.6. The molecule has 41 heavy (non-hydrogen) atoms. The second-order valence-corrected chi connectivity index (χ2v) is 9.92. The van der Waals surface area contributed by atoms with E-state index in [1.54, 1.807) is 44.6 Å². The van der Waals surface area contributed by atoms with Gasteiger partial charge in [0.15, 0.2) is 17.3 Å². The van der Waals surface area contributed by atoms with Gasteiger partial charge in [-0.15, -0.1) is 0 Å². The van der Waals surface area contributed by atoms with Gasteiger partial charge in [0, 0.05) is 34.7 Å². The molecule has 0 saturated heterocycles. The number of fused-ring (bicyclic) bond motifs is 6. The zero-order chi connectivity index (χ0) is 28.7. The molecule has 4 aromatic carbocycles. The van der Waals surface area contributed by atoms with Crippen LogP contribution in [0.5, 0.6) is 11.5 Å². The third-order valence-electron chi connectivity index (χ3n) is 7.70. The number of rotatable bonds is 5. The molecule has 0 saturated carbocycles. The van der Waals surface area contributed by atoms with Crippen molar-refractivity contribution in [1.29, 1.82) is 0 Å². The number of benzene rings is 4. The summed E-state index contributed by atoms with van der Waals surface area (Å²) in [6.45, 7) is 0. The van der Waals surface area contributed by atoms with Gasteiger partial charge in [-0.3, -0.25) is 14.4 Å². The van der Waals surface area contributed by atoms with E-state index in [0.29, 0.717) is 28.2 Å². The molecular weight excluding hydrogens is 516 g/mol. The quantitative estimate of drug-likeness (QED) is 0.177. The van der Waals surface area contributed by atoms with Crippen LogP contribution in [0.25, 0.3) is 27.3 Å². The molecule has 0 unspecified atom stereocenters. The Morgan fingerprint density at radius 3 is 1.83 bits per heavy atom. The van der Waals surface area contributed by atoms with Gasteiger partial charge in [0.25, 0.3) is 0 Å². The van der Waals surface area contributed by atoms with Gasteiger partial charge < -0.3 is 14.6 Å². The van der Waals surface area contributed by atoms with E-state index in [4.69, 9.17) is 9.47 Å². The smallest absolute Gasteiger partial charge is 0.197 e. The van der Waals surface area contributed by atoms with Crippen LogP contribution in [0.4, 0.5) is 0 Å². The molecular formula is C35H26O6. The average Bonchev–Trinajstić information content (AvgIpc) is 2.99. The molecule has 6 heteroatoms. The lowest BCUT2D eigenvalue weighted by Crippen LogP contribution is -2.23. The van der Waals surface area contributed by atoms with E-state index in [1.165, 1.54) is 12.2 Å². The van der Waals surface area contributed by atoms with Gasteiger partial charge in [-0.05, 0) is 46.2 Å². The number of methoxy groups -OCH3 is 2. The third kappa shape index (κ3) is 4.34. The molecule has 0 heterocycles. The van der Waals surface area contributed by atoms with Crippen LogP contribution in [0.2, 0.25) is 0 Å². The van der Waals surface area contributed by atoms with Crippen molar-refractivity contribution in [2.24, 2.45) is 0 Å². The lowest BCUT2D eigenvalue weighted by molar-refractivity contribution is -0.115. The number of allylic oxidation sites excluding steroid dienone is 7. The summed E-state index contributed by atoms with van der Waals surface area (Å²) in [6, 6.07) is 18.7. The molecule has 0 amide bonds. The van der Waals surface area contributed by atoms with E-state index in [-0.39, 0.29) is 47.1 Å². The molecule has 0 spiro atoms. The number of carbonyl (C=O) groups excluding carboxylic acids is 3. The molecule has 0 radical (unpaired) electrons. The van der Waals surface area contributed by atoms with Crippen molar-refractivity contribution in [3.8, 4) is 11.5 Å². The standard InChI is InChI=1S/C35H26O6/c1-40-32-18-28-26(20-10-6-8-12-22(20)32)16-30(36)24(34(28)38)14-4-3-5-15-25-31(37)17-27-21-11-7-9-13-23(21)33(41-2)19-29(27)35(25)39/h3-15,18-19,38H,16-17H2,1-2H3. The Kier molecular flexibility index (Phi) is 6.59. The Bertz CT molecular complexity index is 1920. The second kappa shape index (κ2) is 10.4. The molecule has 4 aromatic rings. The number of Topliss-reactive ketones (excluding diaryl/α,β-unsaturated/α-hetero) is 3. The molecule has 0 atom stereocenters. The van der Waals surface area contributed by atoms with Gasteiger partial charge in [0.1, 0.15) is 17.3 Å². The Hall–Kier alpha value is -5.23. The van der Waals surface area contributed by atoms with E-state index in [1.807, 2.05) is 48.5 Å². The van der Waals surface area contributed by atoms with Crippen LogP contribution in [0, 0.1) is 0 Å². The molecule has 2 aliphatic carbocycles. The van der Waals surface area contributed by atoms with Gasteiger partial charge in [0.2, 0.25) is 0 Å². The summed E-state index contributed by atoms with van der Waals surface area (Å²) >= 11 is 0. The van der Waals surface area contributed by atoms with Crippen molar-refractivity contribution in [2.75, 3.05) is 14.2 Å². The summed E-state index contributed by atoms with van der Waals surface area (Å²) < 4.78 is 11.0. The lowest BCUT2D eigenvalue weighted by Gasteiger charge is -2.20. The molecule has 6 rings (SSSR count). The maximum atomic E-state index is 13.3. The maximum absolute atomic E-state index is 13.3. The van der Waals surface area contributed by atoms with Crippen LogP contribution < -0.4 is 9.47 Å². The fraction of sp³-hybridized carbons (Fsp3) is 0.114. The molecule has 1 N–H and O–H groups in total. The summed E-state index contributed by atoms with van der Waals surface area (Å²) in [6.07, 6.45) is 8.10. The minimum atomic E-state index is -0.352. The van der Waals surface area contributed by atoms with E-state index in [0.717, 1.165) is 27.1 Å². The van der Waals surface area contributed by atoms with E-state index >= 15 is 0 Å². The van der Waals surface area contributed by atoms with E-state index in [2.05, 4.69) is 0 Å². The minimum Gasteiger partial charge on any atom is -0.507 e. The largest absolute Gasteiger partial charge is 0.507 e. The predicted molar refractivity (Wildman–Crippen MR) is 159 cm³/mol. The predicted octanol–water partition coefficient (Wildman–Crippen LogP) is 6.45. The third-order valence-corrected chi connectivity index (χ3v) is 7.70. The number of ether oxygens (including phenoxy) is 2.